The highest BCUT2D eigenvalue weighted by atomic mass is 16.4. The molecule has 0 aromatic carbocycles. The van der Waals surface area contributed by atoms with E-state index < -0.39 is 74.3 Å². The number of pyridine rings is 2. The molecule has 0 aliphatic carbocycles. The highest BCUT2D eigenvalue weighted by molar-refractivity contribution is 5.96. The monoisotopic (exact) mass is 631 g/mol. The maximum Gasteiger partial charge on any atom is 0.317 e. The molecule has 0 fully saturated rings. The molecule has 19 nitrogen and oxygen atoms in total. The number of aliphatic carboxylic acids is 3. The smallest absolute Gasteiger partial charge is 0.317 e. The van der Waals surface area contributed by atoms with Crippen molar-refractivity contribution in [3.8, 4) is 0 Å². The van der Waals surface area contributed by atoms with E-state index in [9.17, 15) is 48.9 Å². The Labute approximate surface area is 256 Å². The first-order valence-electron chi connectivity index (χ1n) is 13.2. The average Bonchev–Trinajstić information content (AvgIpc) is 2.99. The Bertz CT molecular complexity index is 1240. The van der Waals surface area contributed by atoms with Crippen molar-refractivity contribution < 1.29 is 48.9 Å². The first-order chi connectivity index (χ1) is 21.4. The van der Waals surface area contributed by atoms with Crippen molar-refractivity contribution in [3.05, 3.63) is 60.2 Å². The third-order valence-corrected chi connectivity index (χ3v) is 5.79. The number of carboxylic acids is 3. The second-order valence-corrected chi connectivity index (χ2v) is 9.36. The highest BCUT2D eigenvalue weighted by Crippen LogP contribution is 1.99. The molecule has 242 valence electrons. The molecule has 0 spiro atoms. The molecule has 0 saturated carbocycles. The van der Waals surface area contributed by atoms with Crippen molar-refractivity contribution in [2.45, 2.75) is 0 Å². The quantitative estimate of drug-likeness (QED) is 0.0802. The van der Waals surface area contributed by atoms with Crippen LogP contribution in [0.1, 0.15) is 20.7 Å². The largest absolute Gasteiger partial charge is 0.480 e. The van der Waals surface area contributed by atoms with Crippen LogP contribution in [0.2, 0.25) is 0 Å². The molecule has 0 aliphatic heterocycles. The Kier molecular flexibility index (Phi) is 15.0. The molecular formula is C26H33N9O10. The van der Waals surface area contributed by atoms with Crippen LogP contribution < -0.4 is 21.7 Å². The fraction of sp³-hybridized carbons (Fsp3) is 0.346. The third-order valence-electron chi connectivity index (χ3n) is 5.79. The van der Waals surface area contributed by atoms with Gasteiger partial charge in [0.25, 0.3) is 23.6 Å². The predicted octanol–water partition coefficient (Wildman–Crippen LogP) is -3.14. The summed E-state index contributed by atoms with van der Waals surface area (Å²) in [6.45, 7) is -2.87. The summed E-state index contributed by atoms with van der Waals surface area (Å²) in [6.07, 6.45) is 5.53. The maximum atomic E-state index is 12.4. The number of carbonyl (C=O) groups excluding carboxylic acids is 4. The Morgan fingerprint density at radius 1 is 0.489 bits per heavy atom. The van der Waals surface area contributed by atoms with Crippen molar-refractivity contribution in [3.63, 3.8) is 0 Å². The molecule has 2 aromatic rings. The molecule has 0 radical (unpaired) electrons. The van der Waals surface area contributed by atoms with Crippen LogP contribution in [0.5, 0.6) is 0 Å². The molecule has 0 unspecified atom stereocenters. The van der Waals surface area contributed by atoms with E-state index in [-0.39, 0.29) is 37.3 Å². The number of aromatic nitrogens is 2. The molecular weight excluding hydrogens is 598 g/mol. The van der Waals surface area contributed by atoms with Gasteiger partial charge in [0, 0.05) is 62.1 Å². The van der Waals surface area contributed by atoms with Gasteiger partial charge in [-0.25, -0.2) is 0 Å². The fourth-order valence-corrected chi connectivity index (χ4v) is 3.73. The number of hydrogen-bond donors (Lipinski definition) is 7. The summed E-state index contributed by atoms with van der Waals surface area (Å²) in [5.74, 6) is -6.47. The maximum absolute atomic E-state index is 12.4. The number of nitrogens with zero attached hydrogens (tertiary/aromatic N) is 5. The lowest BCUT2D eigenvalue weighted by molar-refractivity contribution is -0.141. The van der Waals surface area contributed by atoms with Crippen LogP contribution in [-0.4, -0.2) is 140 Å². The zero-order valence-electron chi connectivity index (χ0n) is 23.9. The van der Waals surface area contributed by atoms with Gasteiger partial charge in [-0.05, 0) is 24.3 Å². The lowest BCUT2D eigenvalue weighted by Crippen LogP contribution is -2.50. The summed E-state index contributed by atoms with van der Waals surface area (Å²) < 4.78 is 0. The van der Waals surface area contributed by atoms with Crippen LogP contribution in [0.25, 0.3) is 0 Å². The molecule has 0 atom stereocenters. The molecule has 7 N–H and O–H groups in total. The van der Waals surface area contributed by atoms with E-state index in [1.807, 2.05) is 0 Å². The lowest BCUT2D eigenvalue weighted by Gasteiger charge is -2.28. The zero-order chi connectivity index (χ0) is 33.2. The average molecular weight is 632 g/mol. The molecule has 2 heterocycles. The molecule has 45 heavy (non-hydrogen) atoms. The van der Waals surface area contributed by atoms with E-state index in [2.05, 4.69) is 31.7 Å². The van der Waals surface area contributed by atoms with Crippen LogP contribution in [0, 0.1) is 0 Å². The van der Waals surface area contributed by atoms with Crippen molar-refractivity contribution in [2.75, 3.05) is 58.9 Å². The minimum absolute atomic E-state index is 0.0503. The minimum Gasteiger partial charge on any atom is -0.480 e. The summed E-state index contributed by atoms with van der Waals surface area (Å²) in [5.41, 5.74) is 9.19. The Balaban J connectivity index is 1.93. The summed E-state index contributed by atoms with van der Waals surface area (Å²) in [7, 11) is 0. The van der Waals surface area contributed by atoms with E-state index in [4.69, 9.17) is 0 Å². The Hall–Kier alpha value is -5.53. The normalized spacial score (nSPS) is 10.7. The van der Waals surface area contributed by atoms with Crippen molar-refractivity contribution in [2.24, 2.45) is 0 Å². The van der Waals surface area contributed by atoms with Crippen LogP contribution in [-0.2, 0) is 24.0 Å². The number of hydrazine groups is 2. The van der Waals surface area contributed by atoms with E-state index >= 15 is 0 Å². The number of rotatable bonds is 18. The third kappa shape index (κ3) is 15.0. The fourth-order valence-electron chi connectivity index (χ4n) is 3.73. The van der Waals surface area contributed by atoms with Crippen LogP contribution >= 0.6 is 0 Å². The highest BCUT2D eigenvalue weighted by Gasteiger charge is 2.20. The van der Waals surface area contributed by atoms with Crippen LogP contribution in [0.3, 0.4) is 0 Å². The summed E-state index contributed by atoms with van der Waals surface area (Å²) in [4.78, 5) is 94.5. The molecule has 2 rings (SSSR count). The predicted molar refractivity (Wildman–Crippen MR) is 152 cm³/mol. The Morgan fingerprint density at radius 2 is 0.800 bits per heavy atom. The Morgan fingerprint density at radius 3 is 1.13 bits per heavy atom. The van der Waals surface area contributed by atoms with Crippen molar-refractivity contribution in [1.82, 2.24) is 46.4 Å². The van der Waals surface area contributed by atoms with Gasteiger partial charge in [-0.1, -0.05) is 0 Å². The molecule has 19 heteroatoms. The second kappa shape index (κ2) is 18.9. The molecule has 0 saturated heterocycles. The van der Waals surface area contributed by atoms with Gasteiger partial charge in [0.2, 0.25) is 0 Å². The van der Waals surface area contributed by atoms with Crippen LogP contribution in [0.15, 0.2) is 49.1 Å². The molecule has 0 aliphatic rings. The molecule has 2 aromatic heterocycles. The summed E-state index contributed by atoms with van der Waals surface area (Å²) in [5, 5.41) is 27.9. The van der Waals surface area contributed by atoms with Crippen LogP contribution in [0.4, 0.5) is 0 Å². The van der Waals surface area contributed by atoms with Gasteiger partial charge in [0.05, 0.1) is 32.7 Å². The minimum atomic E-state index is -1.26. The summed E-state index contributed by atoms with van der Waals surface area (Å²) in [6, 6.07) is 5.67. The SMILES string of the molecule is O=C(O)CN(CCN(CC(=O)O)CC(=O)NNC(=O)c1ccncc1)CCN(CC(=O)O)CC(=O)NNC(=O)c1ccncc1. The topological polar surface area (TPSA) is 264 Å². The lowest BCUT2D eigenvalue weighted by atomic mass is 10.3. The zero-order valence-corrected chi connectivity index (χ0v) is 23.9. The van der Waals surface area contributed by atoms with E-state index in [1.54, 1.807) is 0 Å². The van der Waals surface area contributed by atoms with Crippen molar-refractivity contribution in [1.29, 1.82) is 0 Å². The standard InChI is InChI=1S/C26H33N9O10/c36-20(29-31-25(44)18-1-5-27-6-2-18)13-34(16-23(40)41)11-9-33(15-22(38)39)10-12-35(17-24(42)43)14-21(37)30-32-26(45)19-3-7-28-8-4-19/h1-8H,9-17H2,(H,29,36)(H,30,37)(H,31,44)(H,32,45)(H,38,39)(H,40,41)(H,42,43). The summed E-state index contributed by atoms with van der Waals surface area (Å²) >= 11 is 0. The van der Waals surface area contributed by atoms with Gasteiger partial charge < -0.3 is 15.3 Å². The van der Waals surface area contributed by atoms with E-state index in [0.29, 0.717) is 0 Å². The van der Waals surface area contributed by atoms with Gasteiger partial charge in [0.15, 0.2) is 0 Å². The molecule has 0 bridgehead atoms. The van der Waals surface area contributed by atoms with E-state index in [0.717, 1.165) is 0 Å². The van der Waals surface area contributed by atoms with Crippen molar-refractivity contribution >= 4 is 41.5 Å². The number of nitrogens with one attached hydrogen (secondary N) is 4. The van der Waals surface area contributed by atoms with Gasteiger partial charge in [-0.3, -0.25) is 79.9 Å². The van der Waals surface area contributed by atoms with Gasteiger partial charge in [-0.2, -0.15) is 0 Å². The van der Waals surface area contributed by atoms with Gasteiger partial charge in [0.1, 0.15) is 0 Å². The number of amides is 4. The number of hydrogen-bond acceptors (Lipinski definition) is 12. The van der Waals surface area contributed by atoms with E-state index in [1.165, 1.54) is 63.8 Å². The molecule has 4 amide bonds. The van der Waals surface area contributed by atoms with Gasteiger partial charge >= 0.3 is 17.9 Å². The first-order valence-corrected chi connectivity index (χ1v) is 13.2. The first kappa shape index (κ1) is 35.7. The number of carbonyl (C=O) groups is 7. The van der Waals surface area contributed by atoms with Gasteiger partial charge in [-0.15, -0.1) is 0 Å². The number of carboxylic acid groups (broad SMARTS) is 3. The second-order valence-electron chi connectivity index (χ2n) is 9.36.